The van der Waals surface area contributed by atoms with Crippen LogP contribution in [-0.2, 0) is 4.74 Å². The lowest BCUT2D eigenvalue weighted by Gasteiger charge is -2.03. The van der Waals surface area contributed by atoms with Crippen molar-refractivity contribution in [2.45, 2.75) is 0 Å². The maximum atomic E-state index is 13.6. The smallest absolute Gasteiger partial charge is 0.346 e. The lowest BCUT2D eigenvalue weighted by molar-refractivity contribution is 0.0664. The van der Waals surface area contributed by atoms with Crippen LogP contribution in [-0.4, -0.2) is 15.7 Å². The quantitative estimate of drug-likeness (QED) is 0.514. The topological polar surface area (TPSA) is 70.1 Å². The van der Waals surface area contributed by atoms with E-state index in [0.29, 0.717) is 5.69 Å². The minimum Gasteiger partial charge on any atom is -0.431 e. The van der Waals surface area contributed by atoms with Crippen molar-refractivity contribution in [2.24, 2.45) is 0 Å². The second kappa shape index (κ2) is 4.70. The molecule has 0 bridgehead atoms. The zero-order valence-corrected chi connectivity index (χ0v) is 9.34. The molecule has 1 heterocycles. The molecule has 0 unspecified atom stereocenters. The number of nitrogens with two attached hydrogens (primary N) is 1. The number of aromatic nitrogens is 2. The summed E-state index contributed by atoms with van der Waals surface area (Å²) in [4.78, 5) is 11.4. The van der Waals surface area contributed by atoms with E-state index < -0.39 is 11.8 Å². The average Bonchev–Trinajstić information content (AvgIpc) is 2.78. The molecular weight excluding hydrogens is 237 g/mol. The molecule has 0 amide bonds. The Hall–Kier alpha value is -2.63. The molecule has 2 N–H and O–H groups in total. The number of anilines is 1. The number of carbonyl (C=O) groups excluding carboxylic acids is 1. The van der Waals surface area contributed by atoms with Gasteiger partial charge in [0.15, 0.2) is 5.82 Å². The van der Waals surface area contributed by atoms with E-state index in [1.165, 1.54) is 29.2 Å². The van der Waals surface area contributed by atoms with Gasteiger partial charge in [0.05, 0.1) is 18.0 Å². The summed E-state index contributed by atoms with van der Waals surface area (Å²) in [5, 5.41) is 3.88. The Morgan fingerprint density at radius 3 is 3.06 bits per heavy atom. The molecule has 0 aliphatic heterocycles. The van der Waals surface area contributed by atoms with Crippen molar-refractivity contribution in [3.8, 4) is 5.69 Å². The summed E-state index contributed by atoms with van der Waals surface area (Å²) in [6, 6.07) is 4.20. The molecule has 1 aromatic heterocycles. The number of nitrogen functional groups attached to an aromatic ring is 1. The first-order valence-corrected chi connectivity index (χ1v) is 5.04. The largest absolute Gasteiger partial charge is 0.431 e. The van der Waals surface area contributed by atoms with Crippen LogP contribution in [0.25, 0.3) is 5.69 Å². The normalized spacial score (nSPS) is 10.1. The first-order chi connectivity index (χ1) is 8.61. The Bertz CT molecular complexity index is 613. The van der Waals surface area contributed by atoms with Gasteiger partial charge in [0, 0.05) is 13.3 Å². The van der Waals surface area contributed by atoms with Gasteiger partial charge in [-0.1, -0.05) is 6.58 Å². The van der Waals surface area contributed by atoms with Gasteiger partial charge in [-0.15, -0.1) is 0 Å². The summed E-state index contributed by atoms with van der Waals surface area (Å²) in [6.45, 7) is 3.27. The van der Waals surface area contributed by atoms with Crippen LogP contribution in [0.1, 0.15) is 11.8 Å². The lowest BCUT2D eigenvalue weighted by Crippen LogP contribution is -2.00. The Labute approximate surface area is 104 Å². The van der Waals surface area contributed by atoms with Crippen LogP contribution in [0.15, 0.2) is 43.4 Å². The summed E-state index contributed by atoms with van der Waals surface area (Å²) in [5.41, 5.74) is 6.15. The van der Waals surface area contributed by atoms with Crippen molar-refractivity contribution >= 4 is 11.7 Å². The van der Waals surface area contributed by atoms with Crippen molar-refractivity contribution in [1.29, 1.82) is 0 Å². The second-order valence-electron chi connectivity index (χ2n) is 3.46. The molecule has 0 aliphatic rings. The molecule has 2 aromatic rings. The molecule has 0 saturated carbocycles. The molecule has 6 heteroatoms. The molecule has 0 radical (unpaired) electrons. The van der Waals surface area contributed by atoms with E-state index in [0.717, 1.165) is 6.26 Å². The van der Waals surface area contributed by atoms with E-state index in [-0.39, 0.29) is 12.7 Å². The van der Waals surface area contributed by atoms with E-state index >= 15 is 0 Å². The molecule has 0 atom stereocenters. The SMILES string of the molecule is C=COC(=O)c1cnn(-c2ccc(N)cc2F)c1.[HH]. The number of halogens is 1. The van der Waals surface area contributed by atoms with Crippen molar-refractivity contribution in [3.05, 3.63) is 54.8 Å². The summed E-state index contributed by atoms with van der Waals surface area (Å²) in [6.07, 6.45) is 3.66. The zero-order valence-electron chi connectivity index (χ0n) is 9.34. The Balaban J connectivity index is 0.00000180. The predicted molar refractivity (Wildman–Crippen MR) is 65.7 cm³/mol. The van der Waals surface area contributed by atoms with Gasteiger partial charge in [-0.3, -0.25) is 0 Å². The fourth-order valence-electron chi connectivity index (χ4n) is 1.41. The fraction of sp³-hybridized carbons (Fsp3) is 0. The summed E-state index contributed by atoms with van der Waals surface area (Å²) >= 11 is 0. The standard InChI is InChI=1S/C12H10FN3O2.H2/c1-2-18-12(17)8-6-15-16(7-8)11-4-3-9(14)5-10(11)13;/h2-7H,1,14H2;1H. The number of nitrogens with zero attached hydrogens (tertiary/aromatic N) is 2. The average molecular weight is 249 g/mol. The zero-order chi connectivity index (χ0) is 13.1. The first-order valence-electron chi connectivity index (χ1n) is 5.04. The van der Waals surface area contributed by atoms with Gasteiger partial charge in [0.2, 0.25) is 0 Å². The molecule has 5 nitrogen and oxygen atoms in total. The minimum absolute atomic E-state index is 0. The Kier molecular flexibility index (Phi) is 3.09. The summed E-state index contributed by atoms with van der Waals surface area (Å²) < 4.78 is 19.4. The van der Waals surface area contributed by atoms with E-state index in [1.54, 1.807) is 6.07 Å². The monoisotopic (exact) mass is 249 g/mol. The molecule has 18 heavy (non-hydrogen) atoms. The first kappa shape index (κ1) is 11.8. The molecular formula is C12H12FN3O2. The molecule has 0 saturated heterocycles. The van der Waals surface area contributed by atoms with Crippen LogP contribution in [0, 0.1) is 5.82 Å². The second-order valence-corrected chi connectivity index (χ2v) is 3.46. The number of esters is 1. The maximum Gasteiger partial charge on any atom is 0.346 e. The van der Waals surface area contributed by atoms with Crippen molar-refractivity contribution < 1.29 is 15.3 Å². The number of ether oxygens (including phenoxy) is 1. The fourth-order valence-corrected chi connectivity index (χ4v) is 1.41. The number of carbonyl (C=O) groups is 1. The third-order valence-corrected chi connectivity index (χ3v) is 2.23. The van der Waals surface area contributed by atoms with Crippen LogP contribution in [0.5, 0.6) is 0 Å². The van der Waals surface area contributed by atoms with Gasteiger partial charge < -0.3 is 10.5 Å². The van der Waals surface area contributed by atoms with Gasteiger partial charge in [0.25, 0.3) is 0 Å². The van der Waals surface area contributed by atoms with Crippen LogP contribution in [0.3, 0.4) is 0 Å². The van der Waals surface area contributed by atoms with E-state index in [1.807, 2.05) is 0 Å². The minimum atomic E-state index is -0.605. The van der Waals surface area contributed by atoms with E-state index in [9.17, 15) is 9.18 Å². The molecule has 0 spiro atoms. The number of hydrogen-bond acceptors (Lipinski definition) is 4. The van der Waals surface area contributed by atoms with E-state index in [2.05, 4.69) is 16.4 Å². The lowest BCUT2D eigenvalue weighted by atomic mass is 10.2. The number of benzene rings is 1. The van der Waals surface area contributed by atoms with Gasteiger partial charge in [-0.05, 0) is 18.2 Å². The van der Waals surface area contributed by atoms with Crippen molar-refractivity contribution in [2.75, 3.05) is 5.73 Å². The third kappa shape index (κ3) is 2.22. The highest BCUT2D eigenvalue weighted by atomic mass is 19.1. The Morgan fingerprint density at radius 2 is 2.39 bits per heavy atom. The van der Waals surface area contributed by atoms with Crippen molar-refractivity contribution in [3.63, 3.8) is 0 Å². The number of rotatable bonds is 3. The highest BCUT2D eigenvalue weighted by molar-refractivity contribution is 5.89. The summed E-state index contributed by atoms with van der Waals surface area (Å²) in [5.74, 6) is -1.13. The van der Waals surface area contributed by atoms with Gasteiger partial charge in [0.1, 0.15) is 5.69 Å². The molecule has 2 rings (SSSR count). The molecule has 1 aromatic carbocycles. The van der Waals surface area contributed by atoms with Crippen LogP contribution in [0.4, 0.5) is 10.1 Å². The number of hydrogen-bond donors (Lipinski definition) is 1. The molecule has 0 aliphatic carbocycles. The third-order valence-electron chi connectivity index (χ3n) is 2.23. The maximum absolute atomic E-state index is 13.6. The van der Waals surface area contributed by atoms with Crippen LogP contribution < -0.4 is 5.73 Å². The van der Waals surface area contributed by atoms with E-state index in [4.69, 9.17) is 5.73 Å². The van der Waals surface area contributed by atoms with Crippen LogP contribution >= 0.6 is 0 Å². The molecule has 0 fully saturated rings. The molecule has 94 valence electrons. The van der Waals surface area contributed by atoms with Gasteiger partial charge in [-0.2, -0.15) is 5.10 Å². The highest BCUT2D eigenvalue weighted by Crippen LogP contribution is 2.16. The summed E-state index contributed by atoms with van der Waals surface area (Å²) in [7, 11) is 0. The Morgan fingerprint density at radius 1 is 1.61 bits per heavy atom. The van der Waals surface area contributed by atoms with Crippen LogP contribution in [0.2, 0.25) is 0 Å². The van der Waals surface area contributed by atoms with Gasteiger partial charge >= 0.3 is 5.97 Å². The predicted octanol–water partition coefficient (Wildman–Crippen LogP) is 2.14. The highest BCUT2D eigenvalue weighted by Gasteiger charge is 2.12. The van der Waals surface area contributed by atoms with Crippen molar-refractivity contribution in [1.82, 2.24) is 9.78 Å². The van der Waals surface area contributed by atoms with Gasteiger partial charge in [-0.25, -0.2) is 13.9 Å².